The summed E-state index contributed by atoms with van der Waals surface area (Å²) in [5.74, 6) is -0.244. The minimum Gasteiger partial charge on any atom is -0.320 e. The average Bonchev–Trinajstić information content (AvgIpc) is 2.90. The molecule has 3 aromatic rings. The van der Waals surface area contributed by atoms with Crippen molar-refractivity contribution in [1.82, 2.24) is 19.8 Å². The van der Waals surface area contributed by atoms with Gasteiger partial charge < -0.3 is 5.32 Å². The molecule has 0 bridgehead atoms. The lowest BCUT2D eigenvalue weighted by atomic mass is 10.3. The third kappa shape index (κ3) is 1.87. The molecule has 1 N–H and O–H groups in total. The maximum absolute atomic E-state index is 11.9. The number of hydrogen-bond acceptors (Lipinski definition) is 5. The van der Waals surface area contributed by atoms with E-state index in [1.54, 1.807) is 0 Å². The van der Waals surface area contributed by atoms with Gasteiger partial charge in [0.1, 0.15) is 6.33 Å². The highest BCUT2D eigenvalue weighted by molar-refractivity contribution is 7.18. The summed E-state index contributed by atoms with van der Waals surface area (Å²) in [6, 6.07) is 9.23. The van der Waals surface area contributed by atoms with Gasteiger partial charge in [0.05, 0.1) is 0 Å². The van der Waals surface area contributed by atoms with Gasteiger partial charge >= 0.3 is 0 Å². The number of hydrogen-bond donors (Lipinski definition) is 1. The van der Waals surface area contributed by atoms with Crippen molar-refractivity contribution in [3.63, 3.8) is 0 Å². The molecule has 0 unspecified atom stereocenters. The number of rotatable bonds is 2. The summed E-state index contributed by atoms with van der Waals surface area (Å²) < 4.78 is 1.48. The monoisotopic (exact) mass is 245 g/mol. The van der Waals surface area contributed by atoms with Crippen LogP contribution in [0.3, 0.4) is 0 Å². The number of nitrogens with one attached hydrogen (secondary N) is 1. The van der Waals surface area contributed by atoms with E-state index in [1.807, 2.05) is 30.3 Å². The van der Waals surface area contributed by atoms with Crippen molar-refractivity contribution in [2.24, 2.45) is 0 Å². The van der Waals surface area contributed by atoms with Crippen molar-refractivity contribution in [1.29, 1.82) is 0 Å². The zero-order chi connectivity index (χ0) is 11.7. The molecule has 0 radical (unpaired) electrons. The normalized spacial score (nSPS) is 10.6. The lowest BCUT2D eigenvalue weighted by Crippen LogP contribution is -2.11. The minimum absolute atomic E-state index is 0.244. The first kappa shape index (κ1) is 9.91. The summed E-state index contributed by atoms with van der Waals surface area (Å²) >= 11 is 1.20. The van der Waals surface area contributed by atoms with Crippen LogP contribution >= 0.6 is 11.3 Å². The fraction of sp³-hybridized carbons (Fsp3) is 0. The van der Waals surface area contributed by atoms with E-state index in [9.17, 15) is 4.79 Å². The average molecular weight is 245 g/mol. The highest BCUT2D eigenvalue weighted by Crippen LogP contribution is 2.14. The molecule has 6 nitrogen and oxygen atoms in total. The van der Waals surface area contributed by atoms with Gasteiger partial charge in [-0.1, -0.05) is 29.5 Å². The summed E-state index contributed by atoms with van der Waals surface area (Å²) in [6.07, 6.45) is 1.46. The van der Waals surface area contributed by atoms with Gasteiger partial charge in [0.2, 0.25) is 9.97 Å². The molecule has 2 aromatic heterocycles. The first-order valence-corrected chi connectivity index (χ1v) is 5.68. The van der Waals surface area contributed by atoms with Gasteiger partial charge in [0.15, 0.2) is 0 Å². The Morgan fingerprint density at radius 3 is 2.88 bits per heavy atom. The Labute approximate surface area is 99.9 Å². The Morgan fingerprint density at radius 2 is 2.12 bits per heavy atom. The van der Waals surface area contributed by atoms with Crippen molar-refractivity contribution in [2.75, 3.05) is 5.32 Å². The topological polar surface area (TPSA) is 72.2 Å². The van der Waals surface area contributed by atoms with Crippen molar-refractivity contribution < 1.29 is 4.79 Å². The molecule has 1 amide bonds. The summed E-state index contributed by atoms with van der Waals surface area (Å²) in [5, 5.41) is 14.7. The summed E-state index contributed by atoms with van der Waals surface area (Å²) in [5.41, 5.74) is 0.739. The molecule has 2 heterocycles. The van der Waals surface area contributed by atoms with Crippen molar-refractivity contribution in [2.45, 2.75) is 0 Å². The van der Waals surface area contributed by atoms with E-state index < -0.39 is 0 Å². The summed E-state index contributed by atoms with van der Waals surface area (Å²) in [4.78, 5) is 12.5. The Bertz CT molecular complexity index is 631. The number of anilines is 1. The van der Waals surface area contributed by atoms with Gasteiger partial charge in [0.25, 0.3) is 5.91 Å². The molecule has 1 aromatic carbocycles. The van der Waals surface area contributed by atoms with Gasteiger partial charge in [-0.3, -0.25) is 4.79 Å². The maximum Gasteiger partial charge on any atom is 0.286 e. The zero-order valence-corrected chi connectivity index (χ0v) is 9.39. The lowest BCUT2D eigenvalue weighted by molar-refractivity contribution is 0.102. The first-order chi connectivity index (χ1) is 8.33. The second-order valence-electron chi connectivity index (χ2n) is 3.29. The Morgan fingerprint density at radius 1 is 1.29 bits per heavy atom. The third-order valence-electron chi connectivity index (χ3n) is 2.11. The minimum atomic E-state index is -0.244. The number of nitrogens with zero attached hydrogens (tertiary/aromatic N) is 4. The molecule has 17 heavy (non-hydrogen) atoms. The highest BCUT2D eigenvalue weighted by atomic mass is 32.1. The van der Waals surface area contributed by atoms with Crippen LogP contribution in [-0.4, -0.2) is 25.7 Å². The Kier molecular flexibility index (Phi) is 2.30. The van der Waals surface area contributed by atoms with Crippen LogP contribution in [0.4, 0.5) is 5.69 Å². The predicted molar refractivity (Wildman–Crippen MR) is 63.1 cm³/mol. The number of fused-ring (bicyclic) bond motifs is 1. The van der Waals surface area contributed by atoms with Crippen LogP contribution in [0.25, 0.3) is 4.96 Å². The van der Waals surface area contributed by atoms with Gasteiger partial charge in [-0.05, 0) is 12.1 Å². The summed E-state index contributed by atoms with van der Waals surface area (Å²) in [7, 11) is 0. The van der Waals surface area contributed by atoms with Crippen LogP contribution in [0.5, 0.6) is 0 Å². The van der Waals surface area contributed by atoms with E-state index in [0.717, 1.165) is 5.69 Å². The van der Waals surface area contributed by atoms with Crippen LogP contribution in [-0.2, 0) is 0 Å². The van der Waals surface area contributed by atoms with E-state index >= 15 is 0 Å². The van der Waals surface area contributed by atoms with Gasteiger partial charge in [-0.2, -0.15) is 4.52 Å². The van der Waals surface area contributed by atoms with Crippen LogP contribution in [0.1, 0.15) is 9.80 Å². The van der Waals surface area contributed by atoms with Gasteiger partial charge in [0, 0.05) is 5.69 Å². The standard InChI is InChI=1S/C10H7N5OS/c16-8(12-7-4-2-1-3-5-7)9-14-15-6-11-13-10(15)17-9/h1-6H,(H,12,16). The maximum atomic E-state index is 11.9. The van der Waals surface area contributed by atoms with Crippen molar-refractivity contribution in [3.05, 3.63) is 41.7 Å². The van der Waals surface area contributed by atoms with Crippen LogP contribution in [0.2, 0.25) is 0 Å². The molecule has 0 aliphatic carbocycles. The molecule has 7 heteroatoms. The van der Waals surface area contributed by atoms with Crippen molar-refractivity contribution in [3.8, 4) is 0 Å². The number of para-hydroxylation sites is 1. The molecule has 0 fully saturated rings. The fourth-order valence-corrected chi connectivity index (χ4v) is 2.07. The van der Waals surface area contributed by atoms with E-state index in [4.69, 9.17) is 0 Å². The molecule has 0 spiro atoms. The van der Waals surface area contributed by atoms with Crippen LogP contribution in [0, 0.1) is 0 Å². The third-order valence-corrected chi connectivity index (χ3v) is 3.02. The fourth-order valence-electron chi connectivity index (χ4n) is 1.36. The molecule has 0 aliphatic heterocycles. The SMILES string of the molecule is O=C(Nc1ccccc1)c1nn2cnnc2s1. The molecular formula is C10H7N5OS. The van der Waals surface area contributed by atoms with E-state index in [2.05, 4.69) is 20.6 Å². The Balaban J connectivity index is 1.85. The number of amides is 1. The van der Waals surface area contributed by atoms with Crippen molar-refractivity contribution >= 4 is 27.9 Å². The van der Waals surface area contributed by atoms with Crippen LogP contribution < -0.4 is 5.32 Å². The second-order valence-corrected chi connectivity index (χ2v) is 4.24. The summed E-state index contributed by atoms with van der Waals surface area (Å²) in [6.45, 7) is 0. The quantitative estimate of drug-likeness (QED) is 0.741. The molecule has 0 aliphatic rings. The number of carbonyl (C=O) groups is 1. The van der Waals surface area contributed by atoms with E-state index in [0.29, 0.717) is 9.97 Å². The molecule has 0 atom stereocenters. The molecule has 3 rings (SSSR count). The van der Waals surface area contributed by atoms with Gasteiger partial charge in [-0.25, -0.2) is 0 Å². The lowest BCUT2D eigenvalue weighted by Gasteiger charge is -2.00. The van der Waals surface area contributed by atoms with Crippen LogP contribution in [0.15, 0.2) is 36.7 Å². The second kappa shape index (κ2) is 3.95. The zero-order valence-electron chi connectivity index (χ0n) is 8.57. The molecule has 84 valence electrons. The Hall–Kier alpha value is -2.28. The number of carbonyl (C=O) groups excluding carboxylic acids is 1. The molecular weight excluding hydrogens is 238 g/mol. The molecule has 0 saturated carbocycles. The van der Waals surface area contributed by atoms with Gasteiger partial charge in [-0.15, -0.1) is 15.3 Å². The predicted octanol–water partition coefficient (Wildman–Crippen LogP) is 1.44. The largest absolute Gasteiger partial charge is 0.320 e. The first-order valence-electron chi connectivity index (χ1n) is 4.86. The number of aromatic nitrogens is 4. The highest BCUT2D eigenvalue weighted by Gasteiger charge is 2.13. The smallest absolute Gasteiger partial charge is 0.286 e. The van der Waals surface area contributed by atoms with E-state index in [-0.39, 0.29) is 5.91 Å². The van der Waals surface area contributed by atoms with E-state index in [1.165, 1.54) is 22.2 Å². The molecule has 0 saturated heterocycles. The number of benzene rings is 1.